The van der Waals surface area contributed by atoms with Gasteiger partial charge >= 0.3 is 5.97 Å². The van der Waals surface area contributed by atoms with E-state index in [2.05, 4.69) is 5.32 Å². The number of esters is 1. The van der Waals surface area contributed by atoms with Gasteiger partial charge in [-0.2, -0.15) is 0 Å². The first-order valence-electron chi connectivity index (χ1n) is 11.0. The molecule has 2 bridgehead atoms. The van der Waals surface area contributed by atoms with E-state index < -0.39 is 33.4 Å². The summed E-state index contributed by atoms with van der Waals surface area (Å²) in [6.45, 7) is 5.44. The molecule has 0 aromatic heterocycles. The number of aliphatic hydroxyl groups is 1. The standard InChI is InChI=1S/C23H30N2O6S/c1-5-31-21(29)17-16-20(28)25(13(2)12-26)18(23(16)11-10-22(17,3)32-23)19(27)24-14-6-8-15(30-4)9-7-14/h6-9,13,16-18,26H,5,10-12H2,1-4H3,(H,24,27)/t13-,16+,17-,18?,22+,23?/m1/s1. The molecule has 4 rings (SSSR count). The fourth-order valence-corrected chi connectivity index (χ4v) is 8.03. The summed E-state index contributed by atoms with van der Waals surface area (Å²) in [5.41, 5.74) is 0.588. The lowest BCUT2D eigenvalue weighted by molar-refractivity contribution is -0.155. The maximum absolute atomic E-state index is 13.7. The Morgan fingerprint density at radius 1 is 1.31 bits per heavy atom. The summed E-state index contributed by atoms with van der Waals surface area (Å²) in [7, 11) is 1.57. The third kappa shape index (κ3) is 3.28. The molecular weight excluding hydrogens is 432 g/mol. The average Bonchev–Trinajstić information content (AvgIpc) is 3.34. The second-order valence-corrected chi connectivity index (χ2v) is 10.9. The quantitative estimate of drug-likeness (QED) is 0.598. The van der Waals surface area contributed by atoms with Crippen molar-refractivity contribution in [2.75, 3.05) is 25.6 Å². The third-order valence-corrected chi connectivity index (χ3v) is 9.09. The molecule has 32 heavy (non-hydrogen) atoms. The van der Waals surface area contributed by atoms with Crippen LogP contribution in [0.2, 0.25) is 0 Å². The van der Waals surface area contributed by atoms with Crippen molar-refractivity contribution in [2.24, 2.45) is 11.8 Å². The molecule has 0 aliphatic carbocycles. The Labute approximate surface area is 192 Å². The number of carbonyl (C=O) groups is 3. The number of nitrogens with zero attached hydrogens (tertiary/aromatic N) is 1. The molecule has 0 saturated carbocycles. The Morgan fingerprint density at radius 3 is 2.59 bits per heavy atom. The number of benzene rings is 1. The zero-order valence-electron chi connectivity index (χ0n) is 18.8. The van der Waals surface area contributed by atoms with Gasteiger partial charge in [-0.25, -0.2) is 0 Å². The molecule has 3 aliphatic rings. The number of nitrogens with one attached hydrogen (secondary N) is 1. The molecule has 174 valence electrons. The van der Waals surface area contributed by atoms with Crippen LogP contribution in [0.5, 0.6) is 5.75 Å². The largest absolute Gasteiger partial charge is 0.497 e. The van der Waals surface area contributed by atoms with Crippen LogP contribution < -0.4 is 10.1 Å². The number of carbonyl (C=O) groups excluding carboxylic acids is 3. The van der Waals surface area contributed by atoms with Crippen molar-refractivity contribution in [3.05, 3.63) is 24.3 Å². The van der Waals surface area contributed by atoms with Crippen LogP contribution in [0, 0.1) is 11.8 Å². The molecule has 3 aliphatic heterocycles. The van der Waals surface area contributed by atoms with E-state index in [1.807, 2.05) is 6.92 Å². The summed E-state index contributed by atoms with van der Waals surface area (Å²) < 4.78 is 9.33. The summed E-state index contributed by atoms with van der Waals surface area (Å²) in [6.07, 6.45) is 1.37. The van der Waals surface area contributed by atoms with Gasteiger partial charge in [-0.05, 0) is 57.9 Å². The number of anilines is 1. The van der Waals surface area contributed by atoms with E-state index in [0.29, 0.717) is 17.9 Å². The number of ether oxygens (including phenoxy) is 2. The molecule has 1 spiro atoms. The van der Waals surface area contributed by atoms with E-state index in [1.165, 1.54) is 4.90 Å². The van der Waals surface area contributed by atoms with Crippen molar-refractivity contribution in [2.45, 2.75) is 55.2 Å². The maximum atomic E-state index is 13.7. The fraction of sp³-hybridized carbons (Fsp3) is 0.609. The smallest absolute Gasteiger partial charge is 0.311 e. The normalized spacial score (nSPS) is 33.7. The van der Waals surface area contributed by atoms with Gasteiger partial charge in [0.25, 0.3) is 0 Å². The monoisotopic (exact) mass is 462 g/mol. The van der Waals surface area contributed by atoms with Crippen LogP contribution in [-0.4, -0.2) is 69.7 Å². The highest BCUT2D eigenvalue weighted by molar-refractivity contribution is 8.02. The Morgan fingerprint density at radius 2 is 2.00 bits per heavy atom. The van der Waals surface area contributed by atoms with Gasteiger partial charge < -0.3 is 24.8 Å². The Hall–Kier alpha value is -2.26. The molecule has 6 atom stereocenters. The highest BCUT2D eigenvalue weighted by atomic mass is 32.2. The van der Waals surface area contributed by atoms with Crippen LogP contribution in [0.25, 0.3) is 0 Å². The van der Waals surface area contributed by atoms with Gasteiger partial charge in [0.15, 0.2) is 0 Å². The molecule has 9 heteroatoms. The van der Waals surface area contributed by atoms with E-state index in [-0.39, 0.29) is 31.0 Å². The van der Waals surface area contributed by atoms with Gasteiger partial charge in [0.05, 0.1) is 42.9 Å². The number of methoxy groups -OCH3 is 1. The first-order valence-corrected chi connectivity index (χ1v) is 11.8. The minimum atomic E-state index is -0.796. The third-order valence-electron chi connectivity index (χ3n) is 7.10. The molecule has 1 aromatic rings. The summed E-state index contributed by atoms with van der Waals surface area (Å²) >= 11 is 1.58. The van der Waals surface area contributed by atoms with Gasteiger partial charge in [0.1, 0.15) is 11.8 Å². The molecule has 2 N–H and O–H groups in total. The number of rotatable bonds is 7. The minimum Gasteiger partial charge on any atom is -0.497 e. The zero-order chi connectivity index (χ0) is 23.3. The van der Waals surface area contributed by atoms with Gasteiger partial charge in [-0.15, -0.1) is 11.8 Å². The predicted molar refractivity (Wildman–Crippen MR) is 120 cm³/mol. The molecule has 2 unspecified atom stereocenters. The molecule has 1 aromatic carbocycles. The van der Waals surface area contributed by atoms with Gasteiger partial charge in [-0.3, -0.25) is 14.4 Å². The zero-order valence-corrected chi connectivity index (χ0v) is 19.6. The fourth-order valence-electron chi connectivity index (χ4n) is 5.70. The number of amides is 2. The second kappa shape index (κ2) is 8.26. The van der Waals surface area contributed by atoms with Gasteiger partial charge in [0.2, 0.25) is 11.8 Å². The molecule has 3 saturated heterocycles. The number of likely N-dealkylation sites (tertiary alicyclic amines) is 1. The van der Waals surface area contributed by atoms with Crippen LogP contribution in [-0.2, 0) is 19.1 Å². The summed E-state index contributed by atoms with van der Waals surface area (Å²) in [5, 5.41) is 12.8. The summed E-state index contributed by atoms with van der Waals surface area (Å²) in [6, 6.07) is 5.63. The van der Waals surface area contributed by atoms with Crippen LogP contribution in [0.1, 0.15) is 33.6 Å². The number of hydrogen-bond acceptors (Lipinski definition) is 7. The van der Waals surface area contributed by atoms with E-state index in [4.69, 9.17) is 9.47 Å². The van der Waals surface area contributed by atoms with Crippen LogP contribution in [0.4, 0.5) is 5.69 Å². The number of fused-ring (bicyclic) bond motifs is 1. The SMILES string of the molecule is CCOC(=O)[C@H]1[C@H]2C(=O)N([C@H](C)CO)C(C(=O)Nc3ccc(OC)cc3)C23CC[C@]1(C)S3. The van der Waals surface area contributed by atoms with E-state index in [9.17, 15) is 19.5 Å². The van der Waals surface area contributed by atoms with Crippen molar-refractivity contribution in [3.63, 3.8) is 0 Å². The number of aliphatic hydroxyl groups excluding tert-OH is 1. The van der Waals surface area contributed by atoms with E-state index in [0.717, 1.165) is 6.42 Å². The Bertz CT molecular complexity index is 924. The topological polar surface area (TPSA) is 105 Å². The van der Waals surface area contributed by atoms with Gasteiger partial charge in [-0.1, -0.05) is 0 Å². The lowest BCUT2D eigenvalue weighted by atomic mass is 9.66. The first-order chi connectivity index (χ1) is 15.2. The van der Waals surface area contributed by atoms with Crippen LogP contribution >= 0.6 is 11.8 Å². The van der Waals surface area contributed by atoms with Gasteiger partial charge in [0, 0.05) is 10.4 Å². The Balaban J connectivity index is 1.72. The number of hydrogen-bond donors (Lipinski definition) is 2. The second-order valence-electron chi connectivity index (χ2n) is 8.97. The Kier molecular flexibility index (Phi) is 5.92. The first kappa shape index (κ1) is 22.9. The highest BCUT2D eigenvalue weighted by Crippen LogP contribution is 2.71. The minimum absolute atomic E-state index is 0.238. The molecule has 8 nitrogen and oxygen atoms in total. The van der Waals surface area contributed by atoms with Crippen molar-refractivity contribution in [3.8, 4) is 5.75 Å². The summed E-state index contributed by atoms with van der Waals surface area (Å²) in [5.74, 6) is -1.53. The van der Waals surface area contributed by atoms with Crippen LogP contribution in [0.15, 0.2) is 24.3 Å². The average molecular weight is 463 g/mol. The van der Waals surface area contributed by atoms with Crippen molar-refractivity contribution in [1.29, 1.82) is 0 Å². The molecular formula is C23H30N2O6S. The van der Waals surface area contributed by atoms with Crippen molar-refractivity contribution < 1.29 is 29.0 Å². The van der Waals surface area contributed by atoms with Crippen molar-refractivity contribution in [1.82, 2.24) is 4.90 Å². The van der Waals surface area contributed by atoms with E-state index in [1.54, 1.807) is 57.0 Å². The lowest BCUT2D eigenvalue weighted by Gasteiger charge is -2.35. The molecule has 3 fully saturated rings. The highest BCUT2D eigenvalue weighted by Gasteiger charge is 2.77. The van der Waals surface area contributed by atoms with E-state index >= 15 is 0 Å². The maximum Gasteiger partial charge on any atom is 0.311 e. The molecule has 2 amide bonds. The molecule has 0 radical (unpaired) electrons. The lowest BCUT2D eigenvalue weighted by Crippen LogP contribution is -2.54. The number of thioether (sulfide) groups is 1. The van der Waals surface area contributed by atoms with Crippen LogP contribution in [0.3, 0.4) is 0 Å². The van der Waals surface area contributed by atoms with Crippen molar-refractivity contribution >= 4 is 35.2 Å². The predicted octanol–water partition coefficient (Wildman–Crippen LogP) is 2.06. The summed E-state index contributed by atoms with van der Waals surface area (Å²) in [4.78, 5) is 41.7. The molecule has 3 heterocycles.